The van der Waals surface area contributed by atoms with Crippen molar-refractivity contribution in [1.82, 2.24) is 10.2 Å². The van der Waals surface area contributed by atoms with Crippen LogP contribution in [0.5, 0.6) is 0 Å². The first-order valence-electron chi connectivity index (χ1n) is 9.89. The minimum atomic E-state index is -0.0418. The first-order chi connectivity index (χ1) is 12.8. The number of amides is 1. The van der Waals surface area contributed by atoms with Crippen LogP contribution in [0.2, 0.25) is 0 Å². The number of nitrogens with one attached hydrogen (secondary N) is 1. The van der Waals surface area contributed by atoms with E-state index in [-0.39, 0.29) is 12.5 Å². The molecule has 0 radical (unpaired) electrons. The van der Waals surface area contributed by atoms with E-state index < -0.39 is 0 Å². The summed E-state index contributed by atoms with van der Waals surface area (Å²) in [7, 11) is 0. The molecule has 5 heteroatoms. The SMILES string of the molecule is O=C(NCCO)c1sc2ccccc2c1C[C@@H]1CCCCN1CC1CC1. The third kappa shape index (κ3) is 3.95. The molecule has 1 aliphatic heterocycles. The van der Waals surface area contributed by atoms with Crippen LogP contribution in [0, 0.1) is 5.92 Å². The molecule has 1 aliphatic carbocycles. The Kier molecular flexibility index (Phi) is 5.57. The van der Waals surface area contributed by atoms with Gasteiger partial charge in [-0.05, 0) is 61.6 Å². The quantitative estimate of drug-likeness (QED) is 0.783. The summed E-state index contributed by atoms with van der Waals surface area (Å²) >= 11 is 1.59. The number of aliphatic hydroxyl groups is 1. The smallest absolute Gasteiger partial charge is 0.261 e. The highest BCUT2D eigenvalue weighted by Crippen LogP contribution is 2.36. The number of aliphatic hydroxyl groups excluding tert-OH is 1. The number of fused-ring (bicyclic) bond motifs is 1. The molecule has 0 unspecified atom stereocenters. The van der Waals surface area contributed by atoms with Gasteiger partial charge in [-0.2, -0.15) is 0 Å². The number of nitrogens with zero attached hydrogens (tertiary/aromatic N) is 1. The molecule has 1 aromatic heterocycles. The lowest BCUT2D eigenvalue weighted by molar-refractivity contribution is 0.0946. The van der Waals surface area contributed by atoms with E-state index in [2.05, 4.69) is 28.4 Å². The van der Waals surface area contributed by atoms with Gasteiger partial charge in [-0.25, -0.2) is 0 Å². The van der Waals surface area contributed by atoms with E-state index in [0.717, 1.165) is 17.2 Å². The Bertz CT molecular complexity index is 768. The topological polar surface area (TPSA) is 52.6 Å². The standard InChI is InChI=1S/C21H28N2O2S/c24-12-10-22-21(25)20-18(17-6-1-2-7-19(17)26-20)13-16-5-3-4-11-23(16)14-15-8-9-15/h1-2,6-7,15-16,24H,3-5,8-14H2,(H,22,25)/t16-/m0/s1. The molecular weight excluding hydrogens is 344 g/mol. The molecule has 140 valence electrons. The van der Waals surface area contributed by atoms with Crippen LogP contribution in [0.25, 0.3) is 10.1 Å². The molecule has 4 nitrogen and oxygen atoms in total. The van der Waals surface area contributed by atoms with Crippen molar-refractivity contribution in [2.75, 3.05) is 26.2 Å². The molecule has 0 spiro atoms. The molecule has 0 bridgehead atoms. The molecule has 1 amide bonds. The van der Waals surface area contributed by atoms with E-state index in [1.54, 1.807) is 11.3 Å². The van der Waals surface area contributed by atoms with Crippen molar-refractivity contribution in [2.24, 2.45) is 5.92 Å². The van der Waals surface area contributed by atoms with E-state index in [1.165, 1.54) is 60.8 Å². The summed E-state index contributed by atoms with van der Waals surface area (Å²) in [5.74, 6) is 0.863. The van der Waals surface area contributed by atoms with E-state index in [4.69, 9.17) is 5.11 Å². The highest BCUT2D eigenvalue weighted by Gasteiger charge is 2.31. The maximum atomic E-state index is 12.7. The van der Waals surface area contributed by atoms with Crippen LogP contribution >= 0.6 is 11.3 Å². The molecule has 2 fully saturated rings. The van der Waals surface area contributed by atoms with Gasteiger partial charge in [-0.3, -0.25) is 9.69 Å². The molecule has 2 heterocycles. The molecule has 1 aromatic carbocycles. The molecule has 4 rings (SSSR count). The fraction of sp³-hybridized carbons (Fsp3) is 0.571. The van der Waals surface area contributed by atoms with Crippen molar-refractivity contribution in [3.63, 3.8) is 0 Å². The van der Waals surface area contributed by atoms with E-state index in [1.807, 2.05) is 6.07 Å². The average molecular weight is 373 g/mol. The summed E-state index contributed by atoms with van der Waals surface area (Å²) in [5, 5.41) is 13.1. The van der Waals surface area contributed by atoms with Crippen LogP contribution in [-0.4, -0.2) is 48.2 Å². The molecular formula is C21H28N2O2S. The number of hydrogen-bond donors (Lipinski definition) is 2. The van der Waals surface area contributed by atoms with Crippen molar-refractivity contribution >= 4 is 27.3 Å². The van der Waals surface area contributed by atoms with Crippen molar-refractivity contribution in [3.8, 4) is 0 Å². The van der Waals surface area contributed by atoms with Crippen molar-refractivity contribution in [2.45, 2.75) is 44.6 Å². The maximum Gasteiger partial charge on any atom is 0.261 e. The highest BCUT2D eigenvalue weighted by atomic mass is 32.1. The van der Waals surface area contributed by atoms with Crippen molar-refractivity contribution in [3.05, 3.63) is 34.7 Å². The number of hydrogen-bond acceptors (Lipinski definition) is 4. The maximum absolute atomic E-state index is 12.7. The van der Waals surface area contributed by atoms with Gasteiger partial charge in [-0.15, -0.1) is 11.3 Å². The van der Waals surface area contributed by atoms with Crippen molar-refractivity contribution in [1.29, 1.82) is 0 Å². The second-order valence-corrected chi connectivity index (χ2v) is 8.73. The zero-order valence-corrected chi connectivity index (χ0v) is 16.1. The predicted octanol–water partition coefficient (Wildman–Crippen LogP) is 3.43. The monoisotopic (exact) mass is 372 g/mol. The molecule has 26 heavy (non-hydrogen) atoms. The average Bonchev–Trinajstić information content (AvgIpc) is 3.41. The van der Waals surface area contributed by atoms with E-state index in [0.29, 0.717) is 12.6 Å². The number of benzene rings is 1. The van der Waals surface area contributed by atoms with Gasteiger partial charge < -0.3 is 10.4 Å². The molecule has 2 aromatic rings. The second kappa shape index (κ2) is 8.07. The lowest BCUT2D eigenvalue weighted by Gasteiger charge is -2.36. The van der Waals surface area contributed by atoms with Crippen molar-refractivity contribution < 1.29 is 9.90 Å². The summed E-state index contributed by atoms with van der Waals surface area (Å²) in [6.07, 6.45) is 7.56. The Morgan fingerprint density at radius 1 is 1.23 bits per heavy atom. The van der Waals surface area contributed by atoms with Gasteiger partial charge in [0.25, 0.3) is 5.91 Å². The fourth-order valence-corrected chi connectivity index (χ4v) is 5.28. The third-order valence-corrected chi connectivity index (χ3v) is 6.89. The molecule has 1 atom stereocenters. The Morgan fingerprint density at radius 2 is 2.08 bits per heavy atom. The Labute approximate surface area is 159 Å². The van der Waals surface area contributed by atoms with Gasteiger partial charge in [0.1, 0.15) is 0 Å². The fourth-order valence-electron chi connectivity index (χ4n) is 4.13. The van der Waals surface area contributed by atoms with Crippen LogP contribution < -0.4 is 5.32 Å². The van der Waals surface area contributed by atoms with Gasteiger partial charge in [0.15, 0.2) is 0 Å². The van der Waals surface area contributed by atoms with E-state index in [9.17, 15) is 4.79 Å². The first-order valence-corrected chi connectivity index (χ1v) is 10.7. The number of carbonyl (C=O) groups excluding carboxylic acids is 1. The Balaban J connectivity index is 1.61. The van der Waals surface area contributed by atoms with Gasteiger partial charge in [0.2, 0.25) is 0 Å². The molecule has 1 saturated heterocycles. The summed E-state index contributed by atoms with van der Waals surface area (Å²) < 4.78 is 1.18. The Morgan fingerprint density at radius 3 is 2.88 bits per heavy atom. The van der Waals surface area contributed by atoms with Crippen LogP contribution in [0.1, 0.15) is 47.3 Å². The largest absolute Gasteiger partial charge is 0.395 e. The Hall–Kier alpha value is -1.43. The predicted molar refractivity (Wildman–Crippen MR) is 107 cm³/mol. The molecule has 2 aliphatic rings. The van der Waals surface area contributed by atoms with Crippen LogP contribution in [-0.2, 0) is 6.42 Å². The summed E-state index contributed by atoms with van der Waals surface area (Å²) in [4.78, 5) is 16.2. The van der Waals surface area contributed by atoms with Gasteiger partial charge in [0, 0.05) is 23.8 Å². The first kappa shape index (κ1) is 18.0. The number of thiophene rings is 1. The van der Waals surface area contributed by atoms with E-state index >= 15 is 0 Å². The number of carbonyl (C=O) groups is 1. The van der Waals surface area contributed by atoms with Crippen LogP contribution in [0.15, 0.2) is 24.3 Å². The highest BCUT2D eigenvalue weighted by molar-refractivity contribution is 7.21. The molecule has 2 N–H and O–H groups in total. The summed E-state index contributed by atoms with van der Waals surface area (Å²) in [6, 6.07) is 8.91. The third-order valence-electron chi connectivity index (χ3n) is 5.68. The molecule has 1 saturated carbocycles. The van der Waals surface area contributed by atoms with Gasteiger partial charge in [0.05, 0.1) is 11.5 Å². The summed E-state index contributed by atoms with van der Waals surface area (Å²) in [6.45, 7) is 2.72. The second-order valence-electron chi connectivity index (χ2n) is 7.68. The minimum absolute atomic E-state index is 0.0240. The van der Waals surface area contributed by atoms with Gasteiger partial charge in [-0.1, -0.05) is 24.6 Å². The minimum Gasteiger partial charge on any atom is -0.395 e. The van der Waals surface area contributed by atoms with Crippen LogP contribution in [0.3, 0.4) is 0 Å². The summed E-state index contributed by atoms with van der Waals surface area (Å²) in [5.41, 5.74) is 1.20. The lowest BCUT2D eigenvalue weighted by Crippen LogP contribution is -2.42. The van der Waals surface area contributed by atoms with Crippen LogP contribution in [0.4, 0.5) is 0 Å². The number of piperidine rings is 1. The lowest BCUT2D eigenvalue weighted by atomic mass is 9.93. The van der Waals surface area contributed by atoms with Gasteiger partial charge >= 0.3 is 0 Å². The number of rotatable bonds is 7. The zero-order valence-electron chi connectivity index (χ0n) is 15.2. The number of likely N-dealkylation sites (tertiary alicyclic amines) is 1. The zero-order chi connectivity index (χ0) is 17.9. The normalized spacial score (nSPS) is 21.2.